The van der Waals surface area contributed by atoms with Crippen molar-refractivity contribution in [3.05, 3.63) is 33.3 Å². The smallest absolute Gasteiger partial charge is 0.346 e. The minimum absolute atomic E-state index is 0.0230. The molecule has 0 aliphatic carbocycles. The monoisotopic (exact) mass is 375 g/mol. The van der Waals surface area contributed by atoms with Crippen LogP contribution in [-0.4, -0.2) is 36.9 Å². The molecule has 3 rings (SSSR count). The summed E-state index contributed by atoms with van der Waals surface area (Å²) in [5.41, 5.74) is 1.62. The number of aromatic nitrogens is 4. The van der Waals surface area contributed by atoms with Crippen LogP contribution in [-0.2, 0) is 24.3 Å². The number of unbranched alkanes of at least 4 members (excludes halogenated alkanes) is 1. The molecule has 1 amide bonds. The molecular weight excluding hydrogens is 346 g/mol. The van der Waals surface area contributed by atoms with Gasteiger partial charge in [-0.15, -0.1) is 0 Å². The summed E-state index contributed by atoms with van der Waals surface area (Å²) in [6.07, 6.45) is 4.59. The van der Waals surface area contributed by atoms with Crippen LogP contribution in [0, 0.1) is 13.8 Å². The van der Waals surface area contributed by atoms with Crippen molar-refractivity contribution in [2.45, 2.75) is 78.9 Å². The largest absolute Gasteiger partial charge is 0.361 e. The summed E-state index contributed by atoms with van der Waals surface area (Å²) in [6, 6.07) is -0.0349. The van der Waals surface area contributed by atoms with Gasteiger partial charge in [-0.05, 0) is 40.0 Å². The molecule has 0 saturated carbocycles. The third-order valence-electron chi connectivity index (χ3n) is 5.35. The summed E-state index contributed by atoms with van der Waals surface area (Å²) in [6.45, 7) is 9.04. The number of hydrogen-bond acceptors (Lipinski definition) is 5. The molecule has 8 nitrogen and oxygen atoms in total. The van der Waals surface area contributed by atoms with Crippen LogP contribution >= 0.6 is 0 Å². The highest BCUT2D eigenvalue weighted by Crippen LogP contribution is 2.35. The van der Waals surface area contributed by atoms with E-state index in [0.717, 1.165) is 54.9 Å². The lowest BCUT2D eigenvalue weighted by Gasteiger charge is -2.24. The maximum absolute atomic E-state index is 13.0. The Morgan fingerprint density at radius 3 is 2.70 bits per heavy atom. The first-order valence-corrected chi connectivity index (χ1v) is 9.86. The zero-order chi connectivity index (χ0) is 19.6. The highest BCUT2D eigenvalue weighted by atomic mass is 16.5. The Morgan fingerprint density at radius 1 is 1.30 bits per heavy atom. The third kappa shape index (κ3) is 3.70. The molecule has 1 aliphatic rings. The lowest BCUT2D eigenvalue weighted by Crippen LogP contribution is -2.37. The van der Waals surface area contributed by atoms with Gasteiger partial charge in [0, 0.05) is 25.1 Å². The lowest BCUT2D eigenvalue weighted by molar-refractivity contribution is -0.133. The topological polar surface area (TPSA) is 86.2 Å². The fraction of sp³-hybridized carbons (Fsp3) is 0.684. The van der Waals surface area contributed by atoms with E-state index < -0.39 is 0 Å². The normalized spacial score (nSPS) is 17.0. The van der Waals surface area contributed by atoms with Crippen LogP contribution in [0.3, 0.4) is 0 Å². The predicted molar refractivity (Wildman–Crippen MR) is 100 cm³/mol. The number of likely N-dealkylation sites (tertiary alicyclic amines) is 1. The first kappa shape index (κ1) is 19.4. The molecule has 1 unspecified atom stereocenters. The molecule has 8 heteroatoms. The first-order chi connectivity index (χ1) is 13.0. The number of carbonyl (C=O) groups excluding carboxylic acids is 1. The fourth-order valence-corrected chi connectivity index (χ4v) is 3.98. The summed E-state index contributed by atoms with van der Waals surface area (Å²) in [5, 5.41) is 8.46. The average molecular weight is 375 g/mol. The second-order valence-corrected chi connectivity index (χ2v) is 7.19. The molecule has 148 valence electrons. The number of hydrogen-bond donors (Lipinski definition) is 0. The number of rotatable bonds is 7. The second-order valence-electron chi connectivity index (χ2n) is 7.19. The number of amides is 1. The van der Waals surface area contributed by atoms with E-state index in [1.54, 1.807) is 4.57 Å². The van der Waals surface area contributed by atoms with Gasteiger partial charge in [-0.2, -0.15) is 5.10 Å². The molecule has 2 aromatic heterocycles. The van der Waals surface area contributed by atoms with Crippen LogP contribution in [0.1, 0.15) is 68.4 Å². The van der Waals surface area contributed by atoms with Crippen molar-refractivity contribution in [1.82, 2.24) is 24.4 Å². The third-order valence-corrected chi connectivity index (χ3v) is 5.35. The standard InChI is InChI=1S/C19H29N5O3/c1-5-7-10-16-20-24(19(26)22(16)6-2)12-17(25)23-11-8-9-15(23)18-13(3)21-27-14(18)4/h15H,5-12H2,1-4H3. The molecule has 0 bridgehead atoms. The van der Waals surface area contributed by atoms with Crippen molar-refractivity contribution in [3.63, 3.8) is 0 Å². The van der Waals surface area contributed by atoms with Crippen LogP contribution in [0.4, 0.5) is 0 Å². The SMILES string of the molecule is CCCCc1nn(CC(=O)N2CCCC2c2c(C)noc2C)c(=O)n1CC. The zero-order valence-corrected chi connectivity index (χ0v) is 16.7. The van der Waals surface area contributed by atoms with Gasteiger partial charge in [0.2, 0.25) is 5.91 Å². The molecule has 3 heterocycles. The maximum atomic E-state index is 13.0. The van der Waals surface area contributed by atoms with Crippen LogP contribution < -0.4 is 5.69 Å². The summed E-state index contributed by atoms with van der Waals surface area (Å²) >= 11 is 0. The van der Waals surface area contributed by atoms with E-state index in [-0.39, 0.29) is 24.2 Å². The van der Waals surface area contributed by atoms with Crippen LogP contribution in [0.2, 0.25) is 0 Å². The molecule has 1 aliphatic heterocycles. The van der Waals surface area contributed by atoms with E-state index in [9.17, 15) is 9.59 Å². The van der Waals surface area contributed by atoms with Crippen molar-refractivity contribution < 1.29 is 9.32 Å². The van der Waals surface area contributed by atoms with E-state index in [1.807, 2.05) is 25.7 Å². The van der Waals surface area contributed by atoms with Gasteiger partial charge in [0.15, 0.2) is 0 Å². The molecular formula is C19H29N5O3. The fourth-order valence-electron chi connectivity index (χ4n) is 3.98. The first-order valence-electron chi connectivity index (χ1n) is 9.86. The molecule has 2 aromatic rings. The van der Waals surface area contributed by atoms with Crippen LogP contribution in [0.25, 0.3) is 0 Å². The van der Waals surface area contributed by atoms with Crippen molar-refractivity contribution in [1.29, 1.82) is 0 Å². The summed E-state index contributed by atoms with van der Waals surface area (Å²) in [7, 11) is 0. The minimum atomic E-state index is -0.204. The molecule has 1 atom stereocenters. The Balaban J connectivity index is 1.81. The summed E-state index contributed by atoms with van der Waals surface area (Å²) < 4.78 is 8.27. The molecule has 27 heavy (non-hydrogen) atoms. The van der Waals surface area contributed by atoms with Crippen LogP contribution in [0.15, 0.2) is 9.32 Å². The van der Waals surface area contributed by atoms with Crippen molar-refractivity contribution in [2.24, 2.45) is 0 Å². The quantitative estimate of drug-likeness (QED) is 0.742. The van der Waals surface area contributed by atoms with E-state index >= 15 is 0 Å². The van der Waals surface area contributed by atoms with E-state index in [0.29, 0.717) is 13.1 Å². The molecule has 0 N–H and O–H groups in total. The molecule has 1 fully saturated rings. The van der Waals surface area contributed by atoms with Gasteiger partial charge >= 0.3 is 5.69 Å². The zero-order valence-electron chi connectivity index (χ0n) is 16.7. The van der Waals surface area contributed by atoms with Gasteiger partial charge < -0.3 is 9.42 Å². The van der Waals surface area contributed by atoms with Gasteiger partial charge in [0.05, 0.1) is 11.7 Å². The van der Waals surface area contributed by atoms with Gasteiger partial charge in [-0.3, -0.25) is 9.36 Å². The van der Waals surface area contributed by atoms with Crippen molar-refractivity contribution >= 4 is 5.91 Å². The lowest BCUT2D eigenvalue weighted by atomic mass is 10.0. The summed E-state index contributed by atoms with van der Waals surface area (Å²) in [5.74, 6) is 1.44. The molecule has 0 spiro atoms. The Bertz CT molecular complexity index is 844. The highest BCUT2D eigenvalue weighted by molar-refractivity contribution is 5.76. The Hall–Kier alpha value is -2.38. The molecule has 0 radical (unpaired) electrons. The number of nitrogens with zero attached hydrogens (tertiary/aromatic N) is 5. The highest BCUT2D eigenvalue weighted by Gasteiger charge is 2.34. The van der Waals surface area contributed by atoms with Crippen molar-refractivity contribution in [3.8, 4) is 0 Å². The minimum Gasteiger partial charge on any atom is -0.361 e. The summed E-state index contributed by atoms with van der Waals surface area (Å²) in [4.78, 5) is 27.4. The number of aryl methyl sites for hydroxylation is 3. The Morgan fingerprint density at radius 2 is 2.07 bits per heavy atom. The van der Waals surface area contributed by atoms with Crippen LogP contribution in [0.5, 0.6) is 0 Å². The molecule has 1 saturated heterocycles. The van der Waals surface area contributed by atoms with Gasteiger partial charge in [-0.1, -0.05) is 18.5 Å². The van der Waals surface area contributed by atoms with E-state index in [4.69, 9.17) is 4.52 Å². The Labute approximate surface area is 159 Å². The molecule has 0 aromatic carbocycles. The van der Waals surface area contributed by atoms with Crippen molar-refractivity contribution in [2.75, 3.05) is 6.54 Å². The number of carbonyl (C=O) groups is 1. The average Bonchev–Trinajstić information content (AvgIpc) is 3.32. The van der Waals surface area contributed by atoms with Gasteiger partial charge in [-0.25, -0.2) is 9.48 Å². The van der Waals surface area contributed by atoms with Gasteiger partial charge in [0.1, 0.15) is 18.1 Å². The van der Waals surface area contributed by atoms with Gasteiger partial charge in [0.25, 0.3) is 0 Å². The predicted octanol–water partition coefficient (Wildman–Crippen LogP) is 2.38. The second kappa shape index (κ2) is 8.10. The van der Waals surface area contributed by atoms with E-state index in [1.165, 1.54) is 4.68 Å². The maximum Gasteiger partial charge on any atom is 0.346 e. The van der Waals surface area contributed by atoms with E-state index in [2.05, 4.69) is 17.2 Å². The Kier molecular flexibility index (Phi) is 5.82.